The Labute approximate surface area is 114 Å². The van der Waals surface area contributed by atoms with Crippen molar-refractivity contribution < 1.29 is 35.8 Å². The lowest BCUT2D eigenvalue weighted by molar-refractivity contribution is -0.305. The lowest BCUT2D eigenvalue weighted by atomic mass is 9.94. The first-order valence-electron chi connectivity index (χ1n) is 5.18. The van der Waals surface area contributed by atoms with E-state index in [0.29, 0.717) is 0 Å². The molecule has 0 amide bonds. The highest BCUT2D eigenvalue weighted by Gasteiger charge is 2.60. The van der Waals surface area contributed by atoms with Crippen LogP contribution in [0.4, 0.5) is 30.7 Å². The maximum atomic E-state index is 13.3. The second-order valence-electron chi connectivity index (χ2n) is 4.07. The molecule has 1 unspecified atom stereocenters. The third-order valence-corrected chi connectivity index (χ3v) is 2.77. The normalized spacial score (nSPS) is 14.7. The molecule has 1 N–H and O–H groups in total. The summed E-state index contributed by atoms with van der Waals surface area (Å²) in [7, 11) is 0. The summed E-state index contributed by atoms with van der Waals surface area (Å²) < 4.78 is 87.3. The van der Waals surface area contributed by atoms with Crippen molar-refractivity contribution in [2.75, 3.05) is 0 Å². The molecule has 0 saturated heterocycles. The average molecular weight is 325 g/mol. The number of aliphatic hydroxyl groups excluding tert-OH is 1. The Hall–Kier alpha value is -1.02. The van der Waals surface area contributed by atoms with Crippen LogP contribution in [0.25, 0.3) is 0 Å². The van der Waals surface area contributed by atoms with E-state index in [-0.39, 0.29) is 5.02 Å². The fraction of sp³-hybridized carbons (Fsp3) is 0.455. The molecule has 0 radical (unpaired) electrons. The summed E-state index contributed by atoms with van der Waals surface area (Å²) >= 11 is 5.40. The fourth-order valence-corrected chi connectivity index (χ4v) is 1.81. The Balaban J connectivity index is 3.00. The zero-order chi connectivity index (χ0) is 15.7. The van der Waals surface area contributed by atoms with Crippen molar-refractivity contribution in [3.05, 3.63) is 34.6 Å². The van der Waals surface area contributed by atoms with Gasteiger partial charge >= 0.3 is 12.4 Å². The topological polar surface area (TPSA) is 20.2 Å². The third kappa shape index (κ3) is 4.24. The first-order chi connectivity index (χ1) is 8.93. The Morgan fingerprint density at radius 3 is 1.95 bits per heavy atom. The number of rotatable bonds is 3. The quantitative estimate of drug-likeness (QED) is 0.829. The smallest absolute Gasteiger partial charge is 0.392 e. The van der Waals surface area contributed by atoms with Crippen LogP contribution in [0, 0.1) is 11.7 Å². The molecule has 0 aliphatic rings. The van der Waals surface area contributed by atoms with Gasteiger partial charge in [0.15, 0.2) is 5.92 Å². The van der Waals surface area contributed by atoms with Gasteiger partial charge in [0, 0.05) is 11.4 Å². The van der Waals surface area contributed by atoms with Crippen molar-refractivity contribution in [3.8, 4) is 0 Å². The first-order valence-corrected chi connectivity index (χ1v) is 5.56. The van der Waals surface area contributed by atoms with Crippen LogP contribution in [0.15, 0.2) is 18.2 Å². The predicted molar refractivity (Wildman–Crippen MR) is 56.7 cm³/mol. The second kappa shape index (κ2) is 5.77. The van der Waals surface area contributed by atoms with Crippen molar-refractivity contribution in [2.24, 2.45) is 5.92 Å². The highest BCUT2D eigenvalue weighted by molar-refractivity contribution is 6.30. The van der Waals surface area contributed by atoms with Crippen molar-refractivity contribution >= 4 is 11.6 Å². The van der Waals surface area contributed by atoms with E-state index in [1.807, 2.05) is 0 Å². The lowest BCUT2D eigenvalue weighted by Gasteiger charge is -2.27. The zero-order valence-corrected chi connectivity index (χ0v) is 10.3. The zero-order valence-electron chi connectivity index (χ0n) is 9.56. The molecule has 0 bridgehead atoms. The van der Waals surface area contributed by atoms with Gasteiger partial charge in [-0.15, -0.1) is 0 Å². The van der Waals surface area contributed by atoms with E-state index in [1.54, 1.807) is 0 Å². The number of hydrogen-bond acceptors (Lipinski definition) is 1. The summed E-state index contributed by atoms with van der Waals surface area (Å²) in [5.74, 6) is -5.02. The Kier molecular flexibility index (Phi) is 4.91. The summed E-state index contributed by atoms with van der Waals surface area (Å²) in [5, 5.41) is 9.12. The van der Waals surface area contributed by atoms with Crippen molar-refractivity contribution in [3.63, 3.8) is 0 Å². The van der Waals surface area contributed by atoms with Gasteiger partial charge in [0.25, 0.3) is 0 Å². The molecule has 1 aromatic rings. The Morgan fingerprint density at radius 2 is 1.55 bits per heavy atom. The maximum Gasteiger partial charge on any atom is 0.403 e. The molecule has 0 aliphatic heterocycles. The van der Waals surface area contributed by atoms with E-state index in [4.69, 9.17) is 11.6 Å². The molecule has 0 aromatic heterocycles. The molecule has 20 heavy (non-hydrogen) atoms. The number of alkyl halides is 6. The van der Waals surface area contributed by atoms with E-state index >= 15 is 0 Å². The lowest BCUT2D eigenvalue weighted by Crippen LogP contribution is -2.45. The molecule has 0 fully saturated rings. The van der Waals surface area contributed by atoms with Crippen LogP contribution in [0.1, 0.15) is 5.56 Å². The number of halogens is 8. The Morgan fingerprint density at radius 1 is 1.05 bits per heavy atom. The molecule has 0 saturated carbocycles. The minimum absolute atomic E-state index is 0.0658. The summed E-state index contributed by atoms with van der Waals surface area (Å²) in [6, 6.07) is 2.76. The van der Waals surface area contributed by atoms with Gasteiger partial charge in [-0.2, -0.15) is 26.3 Å². The molecular weight excluding hydrogens is 317 g/mol. The van der Waals surface area contributed by atoms with Gasteiger partial charge in [-0.3, -0.25) is 0 Å². The average Bonchev–Trinajstić information content (AvgIpc) is 2.17. The highest BCUT2D eigenvalue weighted by Crippen LogP contribution is 2.42. The minimum atomic E-state index is -5.68. The van der Waals surface area contributed by atoms with Crippen molar-refractivity contribution in [1.29, 1.82) is 0 Å². The van der Waals surface area contributed by atoms with Crippen LogP contribution in [0.2, 0.25) is 5.02 Å². The van der Waals surface area contributed by atoms with Gasteiger partial charge in [-0.1, -0.05) is 17.7 Å². The SMILES string of the molecule is OC(Cc1ccc(Cl)cc1F)C(C(F)(F)F)C(F)(F)F. The first kappa shape index (κ1) is 17.0. The molecule has 9 heteroatoms. The molecular formula is C11H8ClF7O. The standard InChI is InChI=1S/C11H8ClF7O/c12-6-2-1-5(7(13)4-6)3-8(20)9(10(14,15)16)11(17,18)19/h1-2,4,8-9,20H,3H2. The fourth-order valence-electron chi connectivity index (χ4n) is 1.65. The second-order valence-corrected chi connectivity index (χ2v) is 4.50. The molecule has 1 nitrogen and oxygen atoms in total. The predicted octanol–water partition coefficient (Wildman–Crippen LogP) is 4.12. The van der Waals surface area contributed by atoms with Gasteiger partial charge in [-0.25, -0.2) is 4.39 Å². The van der Waals surface area contributed by atoms with Crippen LogP contribution in [0.3, 0.4) is 0 Å². The molecule has 0 aliphatic carbocycles. The number of aliphatic hydroxyl groups is 1. The molecule has 114 valence electrons. The number of hydrogen-bond donors (Lipinski definition) is 1. The molecule has 0 spiro atoms. The molecule has 0 heterocycles. The maximum absolute atomic E-state index is 13.3. The van der Waals surface area contributed by atoms with Crippen LogP contribution in [-0.4, -0.2) is 23.6 Å². The molecule has 1 atom stereocenters. The summed E-state index contributed by atoms with van der Waals surface area (Å²) in [4.78, 5) is 0. The van der Waals surface area contributed by atoms with Crippen LogP contribution < -0.4 is 0 Å². The van der Waals surface area contributed by atoms with E-state index in [9.17, 15) is 35.8 Å². The Bertz CT molecular complexity index is 455. The summed E-state index contributed by atoms with van der Waals surface area (Å²) in [5.41, 5.74) is -0.486. The van der Waals surface area contributed by atoms with Gasteiger partial charge < -0.3 is 5.11 Å². The highest BCUT2D eigenvalue weighted by atomic mass is 35.5. The molecule has 1 rings (SSSR count). The minimum Gasteiger partial charge on any atom is -0.392 e. The van der Waals surface area contributed by atoms with Crippen LogP contribution in [-0.2, 0) is 6.42 Å². The van der Waals surface area contributed by atoms with E-state index in [0.717, 1.165) is 18.2 Å². The van der Waals surface area contributed by atoms with Gasteiger partial charge in [-0.05, 0) is 17.7 Å². The van der Waals surface area contributed by atoms with Gasteiger partial charge in [0.05, 0.1) is 6.10 Å². The number of benzene rings is 1. The summed E-state index contributed by atoms with van der Waals surface area (Å²) in [6.07, 6.45) is -15.3. The van der Waals surface area contributed by atoms with E-state index < -0.39 is 42.2 Å². The third-order valence-electron chi connectivity index (χ3n) is 2.53. The summed E-state index contributed by atoms with van der Waals surface area (Å²) in [6.45, 7) is 0. The molecule has 1 aromatic carbocycles. The van der Waals surface area contributed by atoms with Crippen molar-refractivity contribution in [2.45, 2.75) is 24.9 Å². The van der Waals surface area contributed by atoms with E-state index in [2.05, 4.69) is 0 Å². The van der Waals surface area contributed by atoms with Crippen molar-refractivity contribution in [1.82, 2.24) is 0 Å². The van der Waals surface area contributed by atoms with E-state index in [1.165, 1.54) is 0 Å². The van der Waals surface area contributed by atoms with Gasteiger partial charge in [0.2, 0.25) is 0 Å². The monoisotopic (exact) mass is 324 g/mol. The van der Waals surface area contributed by atoms with Crippen LogP contribution >= 0.6 is 11.6 Å². The largest absolute Gasteiger partial charge is 0.403 e. The van der Waals surface area contributed by atoms with Crippen LogP contribution in [0.5, 0.6) is 0 Å². The van der Waals surface area contributed by atoms with Gasteiger partial charge in [0.1, 0.15) is 5.82 Å².